The van der Waals surface area contributed by atoms with Crippen LogP contribution in [0.4, 0.5) is 13.2 Å². The van der Waals surface area contributed by atoms with E-state index < -0.39 is 6.18 Å². The SMILES string of the molecule is CO/C(=C/C(F)(F)F)c1ccccc1. The molecular formula is C10H9F3O. The van der Waals surface area contributed by atoms with Crippen LogP contribution in [0.1, 0.15) is 5.56 Å². The summed E-state index contributed by atoms with van der Waals surface area (Å²) in [5, 5.41) is 0. The second kappa shape index (κ2) is 4.17. The Kier molecular flexibility index (Phi) is 3.17. The van der Waals surface area contributed by atoms with Gasteiger partial charge in [-0.3, -0.25) is 0 Å². The Balaban J connectivity index is 3.00. The van der Waals surface area contributed by atoms with Crippen molar-refractivity contribution < 1.29 is 17.9 Å². The van der Waals surface area contributed by atoms with E-state index in [2.05, 4.69) is 4.74 Å². The largest absolute Gasteiger partial charge is 0.496 e. The molecule has 0 aromatic heterocycles. The minimum absolute atomic E-state index is 0.141. The van der Waals surface area contributed by atoms with Gasteiger partial charge in [0.05, 0.1) is 13.2 Å². The molecule has 0 saturated carbocycles. The third-order valence-corrected chi connectivity index (χ3v) is 1.57. The molecule has 0 bridgehead atoms. The molecule has 0 fully saturated rings. The van der Waals surface area contributed by atoms with Gasteiger partial charge in [0.1, 0.15) is 5.76 Å². The number of alkyl halides is 3. The number of halogens is 3. The summed E-state index contributed by atoms with van der Waals surface area (Å²) in [6.45, 7) is 0. The van der Waals surface area contributed by atoms with Crippen LogP contribution >= 0.6 is 0 Å². The average molecular weight is 202 g/mol. The highest BCUT2D eigenvalue weighted by atomic mass is 19.4. The molecule has 0 radical (unpaired) electrons. The van der Waals surface area contributed by atoms with Crippen LogP contribution < -0.4 is 0 Å². The molecule has 0 saturated heterocycles. The molecule has 0 amide bonds. The summed E-state index contributed by atoms with van der Waals surface area (Å²) in [5.41, 5.74) is 0.410. The van der Waals surface area contributed by atoms with Gasteiger partial charge in [-0.05, 0) is 0 Å². The van der Waals surface area contributed by atoms with Gasteiger partial charge in [0.15, 0.2) is 0 Å². The van der Waals surface area contributed by atoms with E-state index in [1.807, 2.05) is 0 Å². The van der Waals surface area contributed by atoms with Gasteiger partial charge in [-0.2, -0.15) is 13.2 Å². The van der Waals surface area contributed by atoms with Gasteiger partial charge in [-0.25, -0.2) is 0 Å². The van der Waals surface area contributed by atoms with Gasteiger partial charge in [0.2, 0.25) is 0 Å². The van der Waals surface area contributed by atoms with Gasteiger partial charge in [0.25, 0.3) is 0 Å². The predicted octanol–water partition coefficient (Wildman–Crippen LogP) is 3.24. The molecule has 1 aromatic rings. The summed E-state index contributed by atoms with van der Waals surface area (Å²) < 4.78 is 40.7. The van der Waals surface area contributed by atoms with Crippen molar-refractivity contribution in [3.8, 4) is 0 Å². The van der Waals surface area contributed by atoms with Crippen LogP contribution in [0.5, 0.6) is 0 Å². The molecule has 1 rings (SSSR count). The molecule has 0 aliphatic rings. The van der Waals surface area contributed by atoms with Crippen LogP contribution in [0.3, 0.4) is 0 Å². The predicted molar refractivity (Wildman–Crippen MR) is 47.5 cm³/mol. The topological polar surface area (TPSA) is 9.23 Å². The van der Waals surface area contributed by atoms with Crippen molar-refractivity contribution in [2.24, 2.45) is 0 Å². The van der Waals surface area contributed by atoms with Crippen molar-refractivity contribution >= 4 is 5.76 Å². The van der Waals surface area contributed by atoms with E-state index in [0.717, 1.165) is 0 Å². The van der Waals surface area contributed by atoms with E-state index in [-0.39, 0.29) is 11.8 Å². The Labute approximate surface area is 79.8 Å². The molecule has 0 aliphatic carbocycles. The summed E-state index contributed by atoms with van der Waals surface area (Å²) in [6.07, 6.45) is -4.22. The molecule has 0 spiro atoms. The number of ether oxygens (including phenoxy) is 1. The van der Waals surface area contributed by atoms with Crippen molar-refractivity contribution in [3.05, 3.63) is 42.0 Å². The fourth-order valence-electron chi connectivity index (χ4n) is 1.01. The number of hydrogen-bond donors (Lipinski definition) is 0. The molecule has 0 unspecified atom stereocenters. The molecule has 0 atom stereocenters. The van der Waals surface area contributed by atoms with Crippen LogP contribution in [0.15, 0.2) is 36.4 Å². The minimum atomic E-state index is -4.36. The number of allylic oxidation sites excluding steroid dienone is 1. The van der Waals surface area contributed by atoms with Crippen molar-refractivity contribution in [2.75, 3.05) is 7.11 Å². The lowest BCUT2D eigenvalue weighted by Crippen LogP contribution is -2.04. The third kappa shape index (κ3) is 3.12. The Morgan fingerprint density at radius 2 is 1.79 bits per heavy atom. The molecule has 76 valence electrons. The minimum Gasteiger partial charge on any atom is -0.496 e. The van der Waals surface area contributed by atoms with Crippen molar-refractivity contribution in [1.82, 2.24) is 0 Å². The molecule has 1 aromatic carbocycles. The zero-order valence-corrected chi connectivity index (χ0v) is 7.51. The van der Waals surface area contributed by atoms with Crippen LogP contribution in [-0.4, -0.2) is 13.3 Å². The van der Waals surface area contributed by atoms with Crippen molar-refractivity contribution in [2.45, 2.75) is 6.18 Å². The van der Waals surface area contributed by atoms with Crippen LogP contribution in [0, 0.1) is 0 Å². The molecule has 0 heterocycles. The van der Waals surface area contributed by atoms with Gasteiger partial charge < -0.3 is 4.74 Å². The van der Waals surface area contributed by atoms with E-state index in [4.69, 9.17) is 0 Å². The highest BCUT2D eigenvalue weighted by Gasteiger charge is 2.25. The number of hydrogen-bond acceptors (Lipinski definition) is 1. The Hall–Kier alpha value is -1.45. The second-order valence-corrected chi connectivity index (χ2v) is 2.62. The van der Waals surface area contributed by atoms with Crippen LogP contribution in [0.2, 0.25) is 0 Å². The average Bonchev–Trinajstić information content (AvgIpc) is 2.14. The Morgan fingerprint density at radius 3 is 2.21 bits per heavy atom. The molecule has 0 N–H and O–H groups in total. The molecule has 4 heteroatoms. The standard InChI is InChI=1S/C10H9F3O/c1-14-9(7-10(11,12)13)8-5-3-2-4-6-8/h2-7H,1H3/b9-7+. The first kappa shape index (κ1) is 10.6. The first-order valence-electron chi connectivity index (χ1n) is 3.92. The molecule has 1 nitrogen and oxygen atoms in total. The molecule has 14 heavy (non-hydrogen) atoms. The van der Waals surface area contributed by atoms with Crippen molar-refractivity contribution in [3.63, 3.8) is 0 Å². The van der Waals surface area contributed by atoms with Gasteiger partial charge in [0, 0.05) is 5.56 Å². The lowest BCUT2D eigenvalue weighted by Gasteiger charge is -2.07. The maximum absolute atomic E-state index is 12.0. The lowest BCUT2D eigenvalue weighted by atomic mass is 10.2. The highest BCUT2D eigenvalue weighted by Crippen LogP contribution is 2.24. The summed E-state index contributed by atoms with van der Waals surface area (Å²) in [5.74, 6) is -0.182. The third-order valence-electron chi connectivity index (χ3n) is 1.57. The Morgan fingerprint density at radius 1 is 1.21 bits per heavy atom. The van der Waals surface area contributed by atoms with Gasteiger partial charge in [-0.15, -0.1) is 0 Å². The van der Waals surface area contributed by atoms with E-state index in [0.29, 0.717) is 5.56 Å². The normalized spacial score (nSPS) is 12.7. The molecule has 0 aliphatic heterocycles. The summed E-state index contributed by atoms with van der Waals surface area (Å²) in [6, 6.07) is 8.14. The summed E-state index contributed by atoms with van der Waals surface area (Å²) >= 11 is 0. The second-order valence-electron chi connectivity index (χ2n) is 2.62. The maximum Gasteiger partial charge on any atom is 0.413 e. The maximum atomic E-state index is 12.0. The van der Waals surface area contributed by atoms with Crippen LogP contribution in [0.25, 0.3) is 5.76 Å². The van der Waals surface area contributed by atoms with E-state index in [1.54, 1.807) is 30.3 Å². The zero-order chi connectivity index (χ0) is 10.6. The zero-order valence-electron chi connectivity index (χ0n) is 7.51. The smallest absolute Gasteiger partial charge is 0.413 e. The summed E-state index contributed by atoms with van der Waals surface area (Å²) in [7, 11) is 1.21. The highest BCUT2D eigenvalue weighted by molar-refractivity contribution is 5.60. The van der Waals surface area contributed by atoms with Crippen molar-refractivity contribution in [1.29, 1.82) is 0 Å². The first-order valence-corrected chi connectivity index (χ1v) is 3.92. The number of rotatable bonds is 2. The first-order chi connectivity index (χ1) is 6.53. The van der Waals surface area contributed by atoms with E-state index >= 15 is 0 Å². The molecular weight excluding hydrogens is 193 g/mol. The quantitative estimate of drug-likeness (QED) is 0.669. The lowest BCUT2D eigenvalue weighted by molar-refractivity contribution is -0.0804. The van der Waals surface area contributed by atoms with Crippen LogP contribution in [-0.2, 0) is 4.74 Å². The fraction of sp³-hybridized carbons (Fsp3) is 0.200. The number of benzene rings is 1. The number of methoxy groups -OCH3 is 1. The Bertz CT molecular complexity index is 314. The van der Waals surface area contributed by atoms with Gasteiger partial charge in [-0.1, -0.05) is 30.3 Å². The fourth-order valence-corrected chi connectivity index (χ4v) is 1.01. The van der Waals surface area contributed by atoms with E-state index in [1.165, 1.54) is 7.11 Å². The van der Waals surface area contributed by atoms with Gasteiger partial charge >= 0.3 is 6.18 Å². The summed E-state index contributed by atoms with van der Waals surface area (Å²) in [4.78, 5) is 0. The monoisotopic (exact) mass is 202 g/mol. The van der Waals surface area contributed by atoms with E-state index in [9.17, 15) is 13.2 Å².